The van der Waals surface area contributed by atoms with Crippen LogP contribution in [-0.4, -0.2) is 12.2 Å². The molecule has 0 unspecified atom stereocenters. The number of nitriles is 1. The number of anilines is 2. The number of hydrogen-bond donors (Lipinski definition) is 1. The molecule has 0 spiro atoms. The molecule has 0 radical (unpaired) electrons. The lowest BCUT2D eigenvalue weighted by Crippen LogP contribution is -2.08. The molecule has 3 nitrogen and oxygen atoms in total. The Balaban J connectivity index is 2.20. The molecule has 2 aromatic rings. The van der Waals surface area contributed by atoms with Gasteiger partial charge in [-0.05, 0) is 42.0 Å². The zero-order chi connectivity index (χ0) is 13.0. The molecule has 0 amide bonds. The lowest BCUT2D eigenvalue weighted by Gasteiger charge is -2.19. The maximum absolute atomic E-state index is 9.26. The summed E-state index contributed by atoms with van der Waals surface area (Å²) in [5.74, 6) is 0.261. The summed E-state index contributed by atoms with van der Waals surface area (Å²) in [7, 11) is 1.96. The van der Waals surface area contributed by atoms with Crippen LogP contribution in [0.15, 0.2) is 48.5 Å². The number of rotatable bonds is 3. The lowest BCUT2D eigenvalue weighted by molar-refractivity contribution is 0.475. The zero-order valence-electron chi connectivity index (χ0n) is 10.2. The molecule has 0 bridgehead atoms. The molecule has 18 heavy (non-hydrogen) atoms. The SMILES string of the molecule is CN(c1ccc(O)cc1)c1ccc(CC#N)cc1. The van der Waals surface area contributed by atoms with Gasteiger partial charge >= 0.3 is 0 Å². The van der Waals surface area contributed by atoms with Crippen molar-refractivity contribution >= 4 is 11.4 Å². The third-order valence-electron chi connectivity index (χ3n) is 2.84. The zero-order valence-corrected chi connectivity index (χ0v) is 10.2. The molecular formula is C15H14N2O. The van der Waals surface area contributed by atoms with Gasteiger partial charge in [-0.1, -0.05) is 12.1 Å². The van der Waals surface area contributed by atoms with Crippen molar-refractivity contribution in [2.45, 2.75) is 6.42 Å². The van der Waals surface area contributed by atoms with Crippen molar-refractivity contribution < 1.29 is 5.11 Å². The van der Waals surface area contributed by atoms with Gasteiger partial charge < -0.3 is 10.0 Å². The van der Waals surface area contributed by atoms with Crippen LogP contribution in [0, 0.1) is 11.3 Å². The Kier molecular flexibility index (Phi) is 3.49. The monoisotopic (exact) mass is 238 g/mol. The second-order valence-electron chi connectivity index (χ2n) is 4.08. The van der Waals surface area contributed by atoms with E-state index in [0.717, 1.165) is 16.9 Å². The van der Waals surface area contributed by atoms with Crippen LogP contribution in [0.2, 0.25) is 0 Å². The van der Waals surface area contributed by atoms with Gasteiger partial charge in [0, 0.05) is 18.4 Å². The predicted molar refractivity (Wildman–Crippen MR) is 71.9 cm³/mol. The van der Waals surface area contributed by atoms with E-state index in [1.807, 2.05) is 48.3 Å². The van der Waals surface area contributed by atoms with Gasteiger partial charge in [-0.2, -0.15) is 5.26 Å². The van der Waals surface area contributed by atoms with E-state index in [0.29, 0.717) is 6.42 Å². The lowest BCUT2D eigenvalue weighted by atomic mass is 10.1. The first-order valence-electron chi connectivity index (χ1n) is 5.69. The first-order valence-corrected chi connectivity index (χ1v) is 5.69. The smallest absolute Gasteiger partial charge is 0.115 e. The Morgan fingerprint density at radius 3 is 2.00 bits per heavy atom. The summed E-state index contributed by atoms with van der Waals surface area (Å²) in [4.78, 5) is 2.02. The molecule has 0 aliphatic carbocycles. The Bertz CT molecular complexity index is 553. The molecule has 0 aliphatic heterocycles. The summed E-state index contributed by atoms with van der Waals surface area (Å²) in [5, 5.41) is 17.9. The molecule has 1 N–H and O–H groups in total. The predicted octanol–water partition coefficient (Wildman–Crippen LogP) is 3.23. The van der Waals surface area contributed by atoms with Crippen molar-refractivity contribution in [3.05, 3.63) is 54.1 Å². The molecule has 0 aliphatic rings. The van der Waals surface area contributed by atoms with Crippen LogP contribution in [0.25, 0.3) is 0 Å². The molecule has 0 atom stereocenters. The quantitative estimate of drug-likeness (QED) is 0.893. The van der Waals surface area contributed by atoms with Gasteiger partial charge in [0.05, 0.1) is 12.5 Å². The molecule has 3 heteroatoms. The molecule has 2 aromatic carbocycles. The highest BCUT2D eigenvalue weighted by molar-refractivity contribution is 5.63. The third kappa shape index (κ3) is 2.61. The van der Waals surface area contributed by atoms with Crippen LogP contribution in [0.5, 0.6) is 5.75 Å². The molecule has 0 aromatic heterocycles. The van der Waals surface area contributed by atoms with Crippen LogP contribution < -0.4 is 4.90 Å². The number of benzene rings is 2. The van der Waals surface area contributed by atoms with E-state index in [4.69, 9.17) is 5.26 Å². The van der Waals surface area contributed by atoms with Gasteiger partial charge in [0.2, 0.25) is 0 Å². The van der Waals surface area contributed by atoms with Crippen LogP contribution in [0.3, 0.4) is 0 Å². The van der Waals surface area contributed by atoms with Gasteiger partial charge in [0.1, 0.15) is 5.75 Å². The summed E-state index contributed by atoms with van der Waals surface area (Å²) in [6.07, 6.45) is 0.434. The Labute approximate surface area is 107 Å². The number of nitrogens with zero attached hydrogens (tertiary/aromatic N) is 2. The van der Waals surface area contributed by atoms with Crippen LogP contribution in [0.1, 0.15) is 5.56 Å². The average Bonchev–Trinajstić information content (AvgIpc) is 2.40. The Hall–Kier alpha value is -2.47. The fourth-order valence-corrected chi connectivity index (χ4v) is 1.75. The average molecular weight is 238 g/mol. The van der Waals surface area contributed by atoms with E-state index in [-0.39, 0.29) is 5.75 Å². The standard InChI is InChI=1S/C15H14N2O/c1-17(14-6-8-15(18)9-7-14)13-4-2-12(3-5-13)10-11-16/h2-9,18H,10H2,1H3. The third-order valence-corrected chi connectivity index (χ3v) is 2.84. The van der Waals surface area contributed by atoms with Crippen LogP contribution >= 0.6 is 0 Å². The van der Waals surface area contributed by atoms with Crippen LogP contribution in [0.4, 0.5) is 11.4 Å². The van der Waals surface area contributed by atoms with Crippen molar-refractivity contribution in [3.63, 3.8) is 0 Å². The molecule has 0 heterocycles. The van der Waals surface area contributed by atoms with E-state index >= 15 is 0 Å². The summed E-state index contributed by atoms with van der Waals surface area (Å²) in [6.45, 7) is 0. The number of hydrogen-bond acceptors (Lipinski definition) is 3. The van der Waals surface area contributed by atoms with Crippen LogP contribution in [-0.2, 0) is 6.42 Å². The normalized spacial score (nSPS) is 9.78. The van der Waals surface area contributed by atoms with Crippen molar-refractivity contribution in [2.24, 2.45) is 0 Å². The Morgan fingerprint density at radius 1 is 1.00 bits per heavy atom. The summed E-state index contributed by atoms with van der Waals surface area (Å²) in [5.41, 5.74) is 3.06. The minimum absolute atomic E-state index is 0.261. The largest absolute Gasteiger partial charge is 0.508 e. The first-order chi connectivity index (χ1) is 8.70. The van der Waals surface area contributed by atoms with E-state index in [1.54, 1.807) is 12.1 Å². The highest BCUT2D eigenvalue weighted by Crippen LogP contribution is 2.25. The minimum Gasteiger partial charge on any atom is -0.508 e. The minimum atomic E-state index is 0.261. The summed E-state index contributed by atoms with van der Waals surface area (Å²) >= 11 is 0. The van der Waals surface area contributed by atoms with Crippen molar-refractivity contribution in [1.82, 2.24) is 0 Å². The van der Waals surface area contributed by atoms with Crippen molar-refractivity contribution in [1.29, 1.82) is 5.26 Å². The molecule has 0 saturated carbocycles. The second-order valence-corrected chi connectivity index (χ2v) is 4.08. The molecule has 90 valence electrons. The first kappa shape index (κ1) is 12.0. The molecule has 0 fully saturated rings. The highest BCUT2D eigenvalue weighted by atomic mass is 16.3. The molecule has 2 rings (SSSR count). The van der Waals surface area contributed by atoms with Crippen molar-refractivity contribution in [3.8, 4) is 11.8 Å². The van der Waals surface area contributed by atoms with Gasteiger partial charge in [-0.3, -0.25) is 0 Å². The van der Waals surface area contributed by atoms with E-state index in [1.165, 1.54) is 0 Å². The topological polar surface area (TPSA) is 47.3 Å². The maximum Gasteiger partial charge on any atom is 0.115 e. The van der Waals surface area contributed by atoms with Gasteiger partial charge in [0.25, 0.3) is 0 Å². The number of aromatic hydroxyl groups is 1. The number of phenols is 1. The van der Waals surface area contributed by atoms with E-state index in [9.17, 15) is 5.11 Å². The van der Waals surface area contributed by atoms with E-state index < -0.39 is 0 Å². The highest BCUT2D eigenvalue weighted by Gasteiger charge is 2.03. The fourth-order valence-electron chi connectivity index (χ4n) is 1.75. The van der Waals surface area contributed by atoms with Crippen molar-refractivity contribution in [2.75, 3.05) is 11.9 Å². The summed E-state index contributed by atoms with van der Waals surface area (Å²) < 4.78 is 0. The fraction of sp³-hybridized carbons (Fsp3) is 0.133. The molecule has 0 saturated heterocycles. The maximum atomic E-state index is 9.26. The summed E-state index contributed by atoms with van der Waals surface area (Å²) in [6, 6.07) is 17.1. The van der Waals surface area contributed by atoms with E-state index in [2.05, 4.69) is 6.07 Å². The van der Waals surface area contributed by atoms with Gasteiger partial charge in [-0.25, -0.2) is 0 Å². The number of phenolic OH excluding ortho intramolecular Hbond substituents is 1. The molecular weight excluding hydrogens is 224 g/mol. The second kappa shape index (κ2) is 5.24. The van der Waals surface area contributed by atoms with Gasteiger partial charge in [-0.15, -0.1) is 0 Å². The Morgan fingerprint density at radius 2 is 1.50 bits per heavy atom. The van der Waals surface area contributed by atoms with Gasteiger partial charge in [0.15, 0.2) is 0 Å².